The van der Waals surface area contributed by atoms with Crippen molar-refractivity contribution in [2.45, 2.75) is 55.6 Å². The average molecular weight is 402 g/mol. The van der Waals surface area contributed by atoms with E-state index in [2.05, 4.69) is 31.9 Å². The fraction of sp³-hybridized carbons (Fsp3) is 0.846. The highest BCUT2D eigenvalue weighted by Gasteiger charge is 2.11. The molecule has 112 valence electrons. The lowest BCUT2D eigenvalue weighted by molar-refractivity contribution is -0.146. The molecule has 0 bridgehead atoms. The average Bonchev–Trinajstić information content (AvgIpc) is 2.37. The maximum Gasteiger partial charge on any atom is 0.306 e. The van der Waals surface area contributed by atoms with Crippen LogP contribution < -0.4 is 0 Å². The highest BCUT2D eigenvalue weighted by molar-refractivity contribution is 9.09. The van der Waals surface area contributed by atoms with Crippen LogP contribution in [0.15, 0.2) is 0 Å². The second-order valence-corrected chi connectivity index (χ2v) is 6.80. The lowest BCUT2D eigenvalue weighted by Crippen LogP contribution is -2.14. The van der Waals surface area contributed by atoms with Gasteiger partial charge in [0.1, 0.15) is 0 Å². The Kier molecular flexibility index (Phi) is 11.6. The van der Waals surface area contributed by atoms with Crippen LogP contribution in [0, 0.1) is 0 Å². The molecule has 0 amide bonds. The van der Waals surface area contributed by atoms with Gasteiger partial charge in [-0.15, -0.1) is 0 Å². The second kappa shape index (κ2) is 11.7. The Balaban J connectivity index is 3.49. The Bertz CT molecular complexity index is 245. The zero-order valence-electron chi connectivity index (χ0n) is 11.5. The van der Waals surface area contributed by atoms with Gasteiger partial charge in [0.15, 0.2) is 0 Å². The fourth-order valence-electron chi connectivity index (χ4n) is 1.20. The summed E-state index contributed by atoms with van der Waals surface area (Å²) in [6.45, 7) is 4.58. The minimum Gasteiger partial charge on any atom is -0.466 e. The maximum atomic E-state index is 11.3. The quantitative estimate of drug-likeness (QED) is 0.319. The van der Waals surface area contributed by atoms with Crippen LogP contribution in [0.5, 0.6) is 0 Å². The van der Waals surface area contributed by atoms with Crippen molar-refractivity contribution in [3.05, 3.63) is 0 Å². The molecular weight excluding hydrogens is 380 g/mol. The summed E-state index contributed by atoms with van der Waals surface area (Å²) in [7, 11) is 0. The summed E-state index contributed by atoms with van der Waals surface area (Å²) < 4.78 is 10.1. The first-order valence-electron chi connectivity index (χ1n) is 6.58. The molecule has 0 spiro atoms. The Morgan fingerprint density at radius 3 is 1.58 bits per heavy atom. The van der Waals surface area contributed by atoms with E-state index in [0.29, 0.717) is 32.5 Å². The molecule has 19 heavy (non-hydrogen) atoms. The molecule has 0 saturated heterocycles. The third-order valence-electron chi connectivity index (χ3n) is 2.48. The summed E-state index contributed by atoms with van der Waals surface area (Å²) in [5, 5.41) is 0. The van der Waals surface area contributed by atoms with E-state index in [9.17, 15) is 9.59 Å². The van der Waals surface area contributed by atoms with Crippen molar-refractivity contribution in [2.24, 2.45) is 0 Å². The molecule has 0 fully saturated rings. The Hall–Kier alpha value is -0.100. The van der Waals surface area contributed by atoms with Crippen molar-refractivity contribution >= 4 is 43.8 Å². The third-order valence-corrected chi connectivity index (χ3v) is 4.42. The molecule has 0 aliphatic rings. The van der Waals surface area contributed by atoms with E-state index >= 15 is 0 Å². The number of esters is 2. The normalized spacial score (nSPS) is 13.7. The first kappa shape index (κ1) is 18.9. The molecule has 2 atom stereocenters. The Morgan fingerprint density at radius 1 is 0.895 bits per heavy atom. The molecule has 0 saturated carbocycles. The number of alkyl halides is 2. The van der Waals surface area contributed by atoms with Crippen molar-refractivity contribution < 1.29 is 19.1 Å². The van der Waals surface area contributed by atoms with E-state index in [-0.39, 0.29) is 21.6 Å². The van der Waals surface area contributed by atoms with Gasteiger partial charge in [0, 0.05) is 16.1 Å². The lowest BCUT2D eigenvalue weighted by atomic mass is 10.2. The zero-order valence-corrected chi connectivity index (χ0v) is 14.7. The molecule has 2 unspecified atom stereocenters. The van der Waals surface area contributed by atoms with Gasteiger partial charge in [0.2, 0.25) is 0 Å². The minimum absolute atomic E-state index is 0.169. The van der Waals surface area contributed by atoms with Gasteiger partial charge in [-0.2, -0.15) is 0 Å². The SMILES string of the molecule is CCC(Br)CC(=O)OCCCOC(=O)CC(Br)CC. The number of halogens is 2. The molecule has 4 nitrogen and oxygen atoms in total. The molecule has 0 rings (SSSR count). The number of ether oxygens (including phenoxy) is 2. The molecule has 6 heteroatoms. The number of hydrogen-bond donors (Lipinski definition) is 0. The predicted molar refractivity (Wildman–Crippen MR) is 81.8 cm³/mol. The highest BCUT2D eigenvalue weighted by Crippen LogP contribution is 2.11. The summed E-state index contributed by atoms with van der Waals surface area (Å²) in [5.41, 5.74) is 0. The van der Waals surface area contributed by atoms with E-state index in [0.717, 1.165) is 12.8 Å². The van der Waals surface area contributed by atoms with Crippen molar-refractivity contribution in [3.63, 3.8) is 0 Å². The minimum atomic E-state index is -0.221. The number of carbonyl (C=O) groups excluding carboxylic acids is 2. The fourth-order valence-corrected chi connectivity index (χ4v) is 1.73. The van der Waals surface area contributed by atoms with Gasteiger partial charge in [0.05, 0.1) is 26.1 Å². The van der Waals surface area contributed by atoms with Crippen molar-refractivity contribution in [2.75, 3.05) is 13.2 Å². The lowest BCUT2D eigenvalue weighted by Gasteiger charge is -2.09. The van der Waals surface area contributed by atoms with Crippen LogP contribution in [0.3, 0.4) is 0 Å². The second-order valence-electron chi connectivity index (χ2n) is 4.21. The highest BCUT2D eigenvalue weighted by atomic mass is 79.9. The van der Waals surface area contributed by atoms with Gasteiger partial charge in [0.25, 0.3) is 0 Å². The predicted octanol–water partition coefficient (Wildman–Crippen LogP) is 3.59. The van der Waals surface area contributed by atoms with Crippen LogP contribution in [-0.2, 0) is 19.1 Å². The van der Waals surface area contributed by atoms with Crippen molar-refractivity contribution in [1.29, 1.82) is 0 Å². The number of carbonyl (C=O) groups is 2. The van der Waals surface area contributed by atoms with Gasteiger partial charge >= 0.3 is 11.9 Å². The van der Waals surface area contributed by atoms with Crippen molar-refractivity contribution in [1.82, 2.24) is 0 Å². The van der Waals surface area contributed by atoms with Crippen LogP contribution in [0.2, 0.25) is 0 Å². The molecule has 0 aromatic rings. The summed E-state index contributed by atoms with van der Waals surface area (Å²) in [6.07, 6.45) is 3.06. The van der Waals surface area contributed by atoms with Crippen LogP contribution in [0.4, 0.5) is 0 Å². The molecule has 0 aliphatic carbocycles. The summed E-state index contributed by atoms with van der Waals surface area (Å²) in [6, 6.07) is 0. The molecule has 0 aromatic heterocycles. The van der Waals surface area contributed by atoms with E-state index in [1.807, 2.05) is 13.8 Å². The summed E-state index contributed by atoms with van der Waals surface area (Å²) >= 11 is 6.75. The monoisotopic (exact) mass is 400 g/mol. The van der Waals surface area contributed by atoms with E-state index in [1.54, 1.807) is 0 Å². The van der Waals surface area contributed by atoms with Crippen LogP contribution >= 0.6 is 31.9 Å². The first-order valence-corrected chi connectivity index (χ1v) is 8.42. The molecule has 0 N–H and O–H groups in total. The van der Waals surface area contributed by atoms with Gasteiger partial charge in [-0.3, -0.25) is 9.59 Å². The molecule has 0 heterocycles. The first-order chi connectivity index (χ1) is 8.99. The van der Waals surface area contributed by atoms with Gasteiger partial charge in [-0.1, -0.05) is 45.7 Å². The third kappa shape index (κ3) is 11.4. The largest absolute Gasteiger partial charge is 0.466 e. The number of rotatable bonds is 10. The Morgan fingerprint density at radius 2 is 1.26 bits per heavy atom. The van der Waals surface area contributed by atoms with Crippen LogP contribution in [0.25, 0.3) is 0 Å². The van der Waals surface area contributed by atoms with Gasteiger partial charge in [-0.05, 0) is 12.8 Å². The number of hydrogen-bond acceptors (Lipinski definition) is 4. The molecule has 0 radical (unpaired) electrons. The van der Waals surface area contributed by atoms with E-state index in [4.69, 9.17) is 9.47 Å². The molecule has 0 aromatic carbocycles. The van der Waals surface area contributed by atoms with Crippen LogP contribution in [0.1, 0.15) is 46.0 Å². The zero-order chi connectivity index (χ0) is 14.7. The standard InChI is InChI=1S/C13H22Br2O4/c1-3-10(14)8-12(16)18-6-5-7-19-13(17)9-11(15)4-2/h10-11H,3-9H2,1-2H3. The molecular formula is C13H22Br2O4. The van der Waals surface area contributed by atoms with E-state index in [1.165, 1.54) is 0 Å². The maximum absolute atomic E-state index is 11.3. The van der Waals surface area contributed by atoms with Gasteiger partial charge in [-0.25, -0.2) is 0 Å². The molecule has 0 aliphatic heterocycles. The summed E-state index contributed by atoms with van der Waals surface area (Å²) in [5.74, 6) is -0.442. The topological polar surface area (TPSA) is 52.6 Å². The van der Waals surface area contributed by atoms with Crippen molar-refractivity contribution in [3.8, 4) is 0 Å². The van der Waals surface area contributed by atoms with Gasteiger partial charge < -0.3 is 9.47 Å². The smallest absolute Gasteiger partial charge is 0.306 e. The summed E-state index contributed by atoms with van der Waals surface area (Å²) in [4.78, 5) is 23.0. The van der Waals surface area contributed by atoms with E-state index < -0.39 is 0 Å². The Labute approximate surface area is 131 Å². The van der Waals surface area contributed by atoms with Crippen LogP contribution in [-0.4, -0.2) is 34.8 Å².